The quantitative estimate of drug-likeness (QED) is 0.849. The monoisotopic (exact) mass is 320 g/mol. The minimum Gasteiger partial charge on any atom is -0.493 e. The van der Waals surface area contributed by atoms with Crippen molar-refractivity contribution in [2.24, 2.45) is 0 Å². The highest BCUT2D eigenvalue weighted by Gasteiger charge is 2.17. The molecule has 0 atom stereocenters. The van der Waals surface area contributed by atoms with Crippen LogP contribution in [-0.4, -0.2) is 37.1 Å². The van der Waals surface area contributed by atoms with E-state index in [-0.39, 0.29) is 5.91 Å². The second kappa shape index (κ2) is 7.13. The van der Waals surface area contributed by atoms with Gasteiger partial charge in [0.25, 0.3) is 5.91 Å². The van der Waals surface area contributed by atoms with Gasteiger partial charge in [0.1, 0.15) is 5.69 Å². The molecule has 116 valence electrons. The molecule has 0 saturated heterocycles. The van der Waals surface area contributed by atoms with E-state index in [9.17, 15) is 4.79 Å². The minimum absolute atomic E-state index is 0.215. The van der Waals surface area contributed by atoms with E-state index in [4.69, 9.17) is 21.1 Å². The lowest BCUT2D eigenvalue weighted by Crippen LogP contribution is -2.27. The van der Waals surface area contributed by atoms with Crippen molar-refractivity contribution in [1.82, 2.24) is 9.88 Å². The first-order valence-corrected chi connectivity index (χ1v) is 7.01. The molecular formula is C16H17ClN2O3. The van der Waals surface area contributed by atoms with Crippen LogP contribution in [0, 0.1) is 0 Å². The Balaban J connectivity index is 2.22. The number of carbonyl (C=O) groups excluding carboxylic acids is 1. The van der Waals surface area contributed by atoms with Crippen LogP contribution in [0.15, 0.2) is 36.5 Å². The molecule has 0 aliphatic heterocycles. The maximum atomic E-state index is 12.4. The van der Waals surface area contributed by atoms with Gasteiger partial charge in [0.05, 0.1) is 14.2 Å². The summed E-state index contributed by atoms with van der Waals surface area (Å²) in [5.41, 5.74) is 1.15. The van der Waals surface area contributed by atoms with Gasteiger partial charge < -0.3 is 14.4 Å². The number of aromatic nitrogens is 1. The molecule has 0 fully saturated rings. The van der Waals surface area contributed by atoms with Crippen LogP contribution in [0.5, 0.6) is 11.5 Å². The van der Waals surface area contributed by atoms with Crippen LogP contribution in [-0.2, 0) is 6.54 Å². The highest BCUT2D eigenvalue weighted by atomic mass is 35.5. The predicted molar refractivity (Wildman–Crippen MR) is 84.6 cm³/mol. The zero-order valence-corrected chi connectivity index (χ0v) is 13.4. The first-order chi connectivity index (χ1) is 10.6. The molecule has 2 aromatic rings. The fraction of sp³-hybridized carbons (Fsp3) is 0.250. The summed E-state index contributed by atoms with van der Waals surface area (Å²) in [6, 6.07) is 8.72. The first kappa shape index (κ1) is 16.1. The van der Waals surface area contributed by atoms with E-state index in [1.807, 2.05) is 18.2 Å². The molecule has 0 spiro atoms. The number of benzene rings is 1. The molecule has 0 unspecified atom stereocenters. The summed E-state index contributed by atoms with van der Waals surface area (Å²) >= 11 is 5.89. The van der Waals surface area contributed by atoms with Gasteiger partial charge in [-0.3, -0.25) is 9.78 Å². The Morgan fingerprint density at radius 1 is 1.27 bits per heavy atom. The Kier molecular flexibility index (Phi) is 5.22. The van der Waals surface area contributed by atoms with E-state index in [2.05, 4.69) is 4.98 Å². The summed E-state index contributed by atoms with van der Waals surface area (Å²) in [6.45, 7) is 0.368. The molecular weight excluding hydrogens is 304 g/mol. The molecule has 2 rings (SSSR count). The van der Waals surface area contributed by atoms with E-state index in [0.717, 1.165) is 5.56 Å². The van der Waals surface area contributed by atoms with Gasteiger partial charge in [0, 0.05) is 30.4 Å². The highest BCUT2D eigenvalue weighted by molar-refractivity contribution is 6.30. The molecule has 5 nitrogen and oxygen atoms in total. The molecule has 1 amide bonds. The SMILES string of the molecule is COc1cccc(CN(C)C(=O)c2cc(Cl)ccn2)c1OC. The maximum absolute atomic E-state index is 12.4. The zero-order chi connectivity index (χ0) is 16.1. The molecule has 1 aromatic heterocycles. The Labute approximate surface area is 134 Å². The molecule has 1 heterocycles. The smallest absolute Gasteiger partial charge is 0.272 e. The van der Waals surface area contributed by atoms with Gasteiger partial charge in [0.15, 0.2) is 11.5 Å². The lowest BCUT2D eigenvalue weighted by atomic mass is 10.1. The average molecular weight is 321 g/mol. The van der Waals surface area contributed by atoms with Crippen LogP contribution in [0.2, 0.25) is 5.02 Å². The number of carbonyl (C=O) groups is 1. The van der Waals surface area contributed by atoms with E-state index in [1.54, 1.807) is 38.3 Å². The fourth-order valence-corrected chi connectivity index (χ4v) is 2.28. The molecule has 0 N–H and O–H groups in total. The summed E-state index contributed by atoms with van der Waals surface area (Å²) in [5, 5.41) is 0.478. The largest absolute Gasteiger partial charge is 0.493 e. The van der Waals surface area contributed by atoms with Gasteiger partial charge in [-0.2, -0.15) is 0 Å². The molecule has 22 heavy (non-hydrogen) atoms. The Morgan fingerprint density at radius 3 is 2.68 bits per heavy atom. The number of para-hydroxylation sites is 1. The second-order valence-electron chi connectivity index (χ2n) is 4.67. The summed E-state index contributed by atoms with van der Waals surface area (Å²) in [4.78, 5) is 18.0. The number of nitrogens with zero attached hydrogens (tertiary/aromatic N) is 2. The van der Waals surface area contributed by atoms with Crippen molar-refractivity contribution in [2.75, 3.05) is 21.3 Å². The van der Waals surface area contributed by atoms with Gasteiger partial charge in [-0.05, 0) is 18.2 Å². The molecule has 0 bridgehead atoms. The van der Waals surface area contributed by atoms with Gasteiger partial charge in [-0.15, -0.1) is 0 Å². The topological polar surface area (TPSA) is 51.7 Å². The number of amides is 1. The van der Waals surface area contributed by atoms with Gasteiger partial charge in [-0.25, -0.2) is 0 Å². The van der Waals surface area contributed by atoms with Crippen LogP contribution in [0.4, 0.5) is 0 Å². The molecule has 0 radical (unpaired) electrons. The predicted octanol–water partition coefficient (Wildman–Crippen LogP) is 3.02. The van der Waals surface area contributed by atoms with Crippen molar-refractivity contribution >= 4 is 17.5 Å². The van der Waals surface area contributed by atoms with Crippen LogP contribution in [0.3, 0.4) is 0 Å². The van der Waals surface area contributed by atoms with Crippen molar-refractivity contribution < 1.29 is 14.3 Å². The van der Waals surface area contributed by atoms with Crippen LogP contribution in [0.25, 0.3) is 0 Å². The Bertz CT molecular complexity index is 676. The fourth-order valence-electron chi connectivity index (χ4n) is 2.12. The average Bonchev–Trinajstić information content (AvgIpc) is 2.53. The van der Waals surface area contributed by atoms with Crippen molar-refractivity contribution in [1.29, 1.82) is 0 Å². The number of rotatable bonds is 5. The lowest BCUT2D eigenvalue weighted by Gasteiger charge is -2.19. The van der Waals surface area contributed by atoms with E-state index in [1.165, 1.54) is 6.20 Å². The molecule has 0 saturated carbocycles. The van der Waals surface area contributed by atoms with E-state index < -0.39 is 0 Å². The van der Waals surface area contributed by atoms with Crippen LogP contribution >= 0.6 is 11.6 Å². The van der Waals surface area contributed by atoms with Gasteiger partial charge >= 0.3 is 0 Å². The number of pyridine rings is 1. The molecule has 1 aromatic carbocycles. The number of hydrogen-bond donors (Lipinski definition) is 0. The van der Waals surface area contributed by atoms with Crippen LogP contribution < -0.4 is 9.47 Å². The lowest BCUT2D eigenvalue weighted by molar-refractivity contribution is 0.0778. The normalized spacial score (nSPS) is 10.2. The summed E-state index contributed by atoms with van der Waals surface area (Å²) in [7, 11) is 4.85. The Morgan fingerprint density at radius 2 is 2.05 bits per heavy atom. The number of hydrogen-bond acceptors (Lipinski definition) is 4. The summed E-state index contributed by atoms with van der Waals surface area (Å²) in [5.74, 6) is 1.03. The van der Waals surface area contributed by atoms with Crippen LogP contribution in [0.1, 0.15) is 16.1 Å². The summed E-state index contributed by atoms with van der Waals surface area (Å²) in [6.07, 6.45) is 1.51. The molecule has 0 aliphatic rings. The number of halogens is 1. The third-order valence-electron chi connectivity index (χ3n) is 3.18. The first-order valence-electron chi connectivity index (χ1n) is 6.63. The molecule has 6 heteroatoms. The second-order valence-corrected chi connectivity index (χ2v) is 5.11. The standard InChI is InChI=1S/C16H17ClN2O3/c1-19(16(20)13-9-12(17)7-8-18-13)10-11-5-4-6-14(21-2)15(11)22-3/h4-9H,10H2,1-3H3. The van der Waals surface area contributed by atoms with Gasteiger partial charge in [-0.1, -0.05) is 23.7 Å². The van der Waals surface area contributed by atoms with Crippen molar-refractivity contribution in [3.63, 3.8) is 0 Å². The highest BCUT2D eigenvalue weighted by Crippen LogP contribution is 2.31. The van der Waals surface area contributed by atoms with E-state index in [0.29, 0.717) is 28.8 Å². The van der Waals surface area contributed by atoms with Gasteiger partial charge in [0.2, 0.25) is 0 Å². The summed E-state index contributed by atoms with van der Waals surface area (Å²) < 4.78 is 10.6. The van der Waals surface area contributed by atoms with Crippen molar-refractivity contribution in [3.8, 4) is 11.5 Å². The Hall–Kier alpha value is -2.27. The van der Waals surface area contributed by atoms with E-state index >= 15 is 0 Å². The van der Waals surface area contributed by atoms with Crippen molar-refractivity contribution in [2.45, 2.75) is 6.54 Å². The number of ether oxygens (including phenoxy) is 2. The zero-order valence-electron chi connectivity index (χ0n) is 12.7. The minimum atomic E-state index is -0.215. The number of methoxy groups -OCH3 is 2. The third-order valence-corrected chi connectivity index (χ3v) is 3.41. The van der Waals surface area contributed by atoms with Crippen molar-refractivity contribution in [3.05, 3.63) is 52.8 Å². The maximum Gasteiger partial charge on any atom is 0.272 e. The third kappa shape index (κ3) is 3.49. The molecule has 0 aliphatic carbocycles.